The molecule has 0 radical (unpaired) electrons. The summed E-state index contributed by atoms with van der Waals surface area (Å²) in [6, 6.07) is 21.1. The van der Waals surface area contributed by atoms with Crippen molar-refractivity contribution in [2.24, 2.45) is 11.8 Å². The molecule has 10 nitrogen and oxygen atoms in total. The molecule has 1 fully saturated rings. The van der Waals surface area contributed by atoms with E-state index < -0.39 is 5.97 Å². The molecule has 0 spiro atoms. The van der Waals surface area contributed by atoms with Crippen molar-refractivity contribution in [1.29, 1.82) is 0 Å². The minimum Gasteiger partial charge on any atom is -0.481 e. The number of nitrogens with one attached hydrogen (secondary N) is 1. The van der Waals surface area contributed by atoms with E-state index in [1.54, 1.807) is 12.3 Å². The fraction of sp³-hybridized carbons (Fsp3) is 0.226. The van der Waals surface area contributed by atoms with Crippen LogP contribution in [0.1, 0.15) is 31.4 Å². The van der Waals surface area contributed by atoms with Gasteiger partial charge < -0.3 is 16.2 Å². The lowest BCUT2D eigenvalue weighted by atomic mass is 9.81. The summed E-state index contributed by atoms with van der Waals surface area (Å²) in [4.78, 5) is 43.1. The van der Waals surface area contributed by atoms with Crippen LogP contribution in [0.4, 0.5) is 11.6 Å². The third kappa shape index (κ3) is 5.11. The SMILES string of the molecule is Cc1nc(NC(=O)[C@H]2CC[C@H](C(=O)O)CC2)ccc1-n1c(-c2cccnc2N)nc2ccc(-c3ccccc3)nc21. The van der Waals surface area contributed by atoms with Gasteiger partial charge in [0.15, 0.2) is 11.5 Å². The number of fused-ring (bicyclic) bond motifs is 1. The van der Waals surface area contributed by atoms with Gasteiger partial charge in [-0.05, 0) is 69.0 Å². The Kier molecular flexibility index (Phi) is 6.88. The molecule has 41 heavy (non-hydrogen) atoms. The van der Waals surface area contributed by atoms with Gasteiger partial charge in [-0.15, -0.1) is 0 Å². The first kappa shape index (κ1) is 26.1. The lowest BCUT2D eigenvalue weighted by Gasteiger charge is -2.25. The minimum atomic E-state index is -0.790. The van der Waals surface area contributed by atoms with Crippen LogP contribution in [-0.4, -0.2) is 41.5 Å². The van der Waals surface area contributed by atoms with E-state index in [9.17, 15) is 14.7 Å². The molecule has 1 aromatic carbocycles. The summed E-state index contributed by atoms with van der Waals surface area (Å²) in [5.41, 5.74) is 11.5. The Labute approximate surface area is 236 Å². The molecule has 0 atom stereocenters. The van der Waals surface area contributed by atoms with Crippen molar-refractivity contribution >= 4 is 34.7 Å². The largest absolute Gasteiger partial charge is 0.481 e. The molecule has 0 aliphatic heterocycles. The highest BCUT2D eigenvalue weighted by molar-refractivity contribution is 5.92. The summed E-state index contributed by atoms with van der Waals surface area (Å²) < 4.78 is 1.93. The number of amides is 1. The number of carbonyl (C=O) groups is 2. The number of nitrogen functional groups attached to an aromatic ring is 1. The van der Waals surface area contributed by atoms with Crippen LogP contribution in [0.25, 0.3) is 39.5 Å². The molecule has 6 rings (SSSR count). The monoisotopic (exact) mass is 547 g/mol. The highest BCUT2D eigenvalue weighted by Gasteiger charge is 2.30. The van der Waals surface area contributed by atoms with Crippen LogP contribution in [0.3, 0.4) is 0 Å². The maximum atomic E-state index is 12.9. The average Bonchev–Trinajstić information content (AvgIpc) is 3.36. The summed E-state index contributed by atoms with van der Waals surface area (Å²) in [6.07, 6.45) is 3.74. The van der Waals surface area contributed by atoms with Crippen LogP contribution in [0.15, 0.2) is 72.9 Å². The number of nitrogens with zero attached hydrogens (tertiary/aromatic N) is 5. The van der Waals surface area contributed by atoms with E-state index in [1.807, 2.05) is 72.2 Å². The molecular weight excluding hydrogens is 518 g/mol. The minimum absolute atomic E-state index is 0.139. The van der Waals surface area contributed by atoms with Gasteiger partial charge in [0.05, 0.1) is 28.6 Å². The van der Waals surface area contributed by atoms with Gasteiger partial charge in [0.25, 0.3) is 0 Å². The molecule has 1 aliphatic carbocycles. The molecule has 1 saturated carbocycles. The number of hydrogen-bond donors (Lipinski definition) is 3. The normalized spacial score (nSPS) is 16.9. The van der Waals surface area contributed by atoms with E-state index in [4.69, 9.17) is 20.7 Å². The van der Waals surface area contributed by atoms with Gasteiger partial charge in [0.2, 0.25) is 5.91 Å². The van der Waals surface area contributed by atoms with Gasteiger partial charge in [-0.1, -0.05) is 30.3 Å². The van der Waals surface area contributed by atoms with Gasteiger partial charge in [-0.3, -0.25) is 14.2 Å². The Balaban J connectivity index is 1.38. The zero-order chi connectivity index (χ0) is 28.5. The van der Waals surface area contributed by atoms with E-state index in [0.29, 0.717) is 65.6 Å². The first-order valence-electron chi connectivity index (χ1n) is 13.6. The molecule has 4 heterocycles. The van der Waals surface area contributed by atoms with E-state index in [2.05, 4.69) is 10.3 Å². The zero-order valence-corrected chi connectivity index (χ0v) is 22.5. The molecule has 206 valence electrons. The molecule has 0 bridgehead atoms. The topological polar surface area (TPSA) is 149 Å². The number of aliphatic carboxylic acids is 1. The number of rotatable bonds is 6. The van der Waals surface area contributed by atoms with Gasteiger partial charge in [-0.25, -0.2) is 19.9 Å². The molecule has 0 unspecified atom stereocenters. The maximum absolute atomic E-state index is 12.9. The van der Waals surface area contributed by atoms with Crippen molar-refractivity contribution in [2.45, 2.75) is 32.6 Å². The molecule has 5 aromatic rings. The maximum Gasteiger partial charge on any atom is 0.306 e. The summed E-state index contributed by atoms with van der Waals surface area (Å²) in [5.74, 6) is -0.171. The Morgan fingerprint density at radius 1 is 0.902 bits per heavy atom. The number of nitrogens with two attached hydrogens (primary N) is 1. The van der Waals surface area contributed by atoms with Gasteiger partial charge in [0, 0.05) is 17.7 Å². The van der Waals surface area contributed by atoms with Crippen molar-refractivity contribution in [2.75, 3.05) is 11.1 Å². The standard InChI is InChI=1S/C31H29N7O3/c1-18-25(15-16-26(34-18)37-30(39)20-9-11-21(12-10-20)31(40)41)38-28(22-8-5-17-33-27(22)32)36-24-14-13-23(35-29(24)38)19-6-3-2-4-7-19/h2-8,13-17,20-21H,9-12H2,1H3,(H2,32,33)(H,40,41)(H,34,37,39)/t20-,21-. The highest BCUT2D eigenvalue weighted by Crippen LogP contribution is 2.33. The zero-order valence-electron chi connectivity index (χ0n) is 22.5. The number of aromatic nitrogens is 5. The first-order valence-corrected chi connectivity index (χ1v) is 13.6. The number of imidazole rings is 1. The number of pyridine rings is 3. The van der Waals surface area contributed by atoms with Gasteiger partial charge in [0.1, 0.15) is 17.2 Å². The number of carboxylic acid groups (broad SMARTS) is 1. The van der Waals surface area contributed by atoms with Crippen molar-refractivity contribution < 1.29 is 14.7 Å². The Morgan fingerprint density at radius 2 is 1.66 bits per heavy atom. The number of benzene rings is 1. The fourth-order valence-electron chi connectivity index (χ4n) is 5.43. The molecule has 10 heteroatoms. The van der Waals surface area contributed by atoms with Crippen LogP contribution < -0.4 is 11.1 Å². The van der Waals surface area contributed by atoms with Crippen molar-refractivity contribution in [1.82, 2.24) is 24.5 Å². The third-order valence-electron chi connectivity index (χ3n) is 7.65. The third-order valence-corrected chi connectivity index (χ3v) is 7.65. The molecular formula is C31H29N7O3. The molecule has 4 aromatic heterocycles. The van der Waals surface area contributed by atoms with Crippen LogP contribution in [0, 0.1) is 18.8 Å². The highest BCUT2D eigenvalue weighted by atomic mass is 16.4. The smallest absolute Gasteiger partial charge is 0.306 e. The van der Waals surface area contributed by atoms with Crippen LogP contribution in [-0.2, 0) is 9.59 Å². The summed E-state index contributed by atoms with van der Waals surface area (Å²) in [7, 11) is 0. The molecule has 4 N–H and O–H groups in total. The second-order valence-electron chi connectivity index (χ2n) is 10.3. The van der Waals surface area contributed by atoms with E-state index in [1.165, 1.54) is 0 Å². The molecule has 0 saturated heterocycles. The summed E-state index contributed by atoms with van der Waals surface area (Å²) in [5, 5.41) is 12.2. The predicted octanol–water partition coefficient (Wildman–Crippen LogP) is 5.26. The lowest BCUT2D eigenvalue weighted by Crippen LogP contribution is -2.29. The summed E-state index contributed by atoms with van der Waals surface area (Å²) >= 11 is 0. The summed E-state index contributed by atoms with van der Waals surface area (Å²) in [6.45, 7) is 1.87. The Hall–Kier alpha value is -5.12. The van der Waals surface area contributed by atoms with Crippen molar-refractivity contribution in [3.63, 3.8) is 0 Å². The van der Waals surface area contributed by atoms with Crippen molar-refractivity contribution in [3.05, 3.63) is 78.6 Å². The molecule has 1 aliphatic rings. The van der Waals surface area contributed by atoms with Gasteiger partial charge >= 0.3 is 5.97 Å². The number of carboxylic acids is 1. The number of aryl methyl sites for hydroxylation is 1. The Bertz CT molecular complexity index is 1760. The van der Waals surface area contributed by atoms with Gasteiger partial charge in [-0.2, -0.15) is 0 Å². The number of carbonyl (C=O) groups excluding carboxylic acids is 1. The van der Waals surface area contributed by atoms with Crippen molar-refractivity contribution in [3.8, 4) is 28.3 Å². The Morgan fingerprint density at radius 3 is 2.37 bits per heavy atom. The fourth-order valence-corrected chi connectivity index (χ4v) is 5.43. The van der Waals surface area contributed by atoms with Crippen LogP contribution in [0.5, 0.6) is 0 Å². The number of anilines is 2. The first-order chi connectivity index (χ1) is 19.9. The lowest BCUT2D eigenvalue weighted by molar-refractivity contribution is -0.143. The quantitative estimate of drug-likeness (QED) is 0.260. The van der Waals surface area contributed by atoms with E-state index in [-0.39, 0.29) is 17.7 Å². The second-order valence-corrected chi connectivity index (χ2v) is 10.3. The van der Waals surface area contributed by atoms with E-state index in [0.717, 1.165) is 16.9 Å². The predicted molar refractivity (Wildman–Crippen MR) is 156 cm³/mol. The average molecular weight is 548 g/mol. The molecule has 1 amide bonds. The van der Waals surface area contributed by atoms with E-state index >= 15 is 0 Å². The van der Waals surface area contributed by atoms with Crippen LogP contribution in [0.2, 0.25) is 0 Å². The number of hydrogen-bond acceptors (Lipinski definition) is 7. The second kappa shape index (κ2) is 10.8. The van der Waals surface area contributed by atoms with Crippen LogP contribution >= 0.6 is 0 Å².